The molecule has 2 aromatic heterocycles. The van der Waals surface area contributed by atoms with E-state index in [0.717, 1.165) is 38.5 Å². The number of hydrogen-bond acceptors (Lipinski definition) is 5. The fourth-order valence-corrected chi connectivity index (χ4v) is 4.89. The Balaban J connectivity index is 1.38. The van der Waals surface area contributed by atoms with Crippen LogP contribution in [0.15, 0.2) is 27.7 Å². The van der Waals surface area contributed by atoms with E-state index in [1.165, 1.54) is 23.4 Å². The van der Waals surface area contributed by atoms with Crippen LogP contribution in [0.4, 0.5) is 0 Å². The molecule has 22 heavy (non-hydrogen) atoms. The molecule has 2 fully saturated rings. The number of thiophene rings is 1. The molecule has 4 heterocycles. The Morgan fingerprint density at radius 1 is 1.23 bits per heavy atom. The van der Waals surface area contributed by atoms with E-state index in [-0.39, 0.29) is 5.91 Å². The van der Waals surface area contributed by atoms with Crippen molar-refractivity contribution in [2.75, 3.05) is 26.2 Å². The summed E-state index contributed by atoms with van der Waals surface area (Å²) in [6, 6.07) is 2.21. The van der Waals surface area contributed by atoms with Gasteiger partial charge in [0.1, 0.15) is 5.69 Å². The third-order valence-corrected chi connectivity index (χ3v) is 6.12. The molecule has 0 radical (unpaired) electrons. The highest BCUT2D eigenvalue weighted by atomic mass is 32.1. The van der Waals surface area contributed by atoms with Crippen LogP contribution in [0, 0.1) is 11.8 Å². The van der Waals surface area contributed by atoms with Crippen molar-refractivity contribution in [2.24, 2.45) is 11.8 Å². The van der Waals surface area contributed by atoms with E-state index in [0.29, 0.717) is 11.6 Å². The van der Waals surface area contributed by atoms with E-state index in [9.17, 15) is 4.79 Å². The standard InChI is InChI=1S/C16H19N3OS2/c20-16(15-10-22-11-17-15)19-3-1-13-6-18(7-14(13)8-19)5-12-2-4-21-9-12/h2,4,9-11,13-14H,1,3,5-8H2/t13-,14-/m1/s1. The number of carbonyl (C=O) groups is 1. The second-order valence-electron chi connectivity index (χ2n) is 6.26. The summed E-state index contributed by atoms with van der Waals surface area (Å²) < 4.78 is 0. The van der Waals surface area contributed by atoms with Crippen molar-refractivity contribution in [1.82, 2.24) is 14.8 Å². The van der Waals surface area contributed by atoms with Gasteiger partial charge >= 0.3 is 0 Å². The molecule has 0 N–H and O–H groups in total. The molecule has 0 spiro atoms. The molecule has 2 atom stereocenters. The smallest absolute Gasteiger partial charge is 0.273 e. The normalized spacial score (nSPS) is 25.4. The molecule has 2 saturated heterocycles. The highest BCUT2D eigenvalue weighted by Crippen LogP contribution is 2.32. The summed E-state index contributed by atoms with van der Waals surface area (Å²) in [5.74, 6) is 1.48. The van der Waals surface area contributed by atoms with Gasteiger partial charge < -0.3 is 4.90 Å². The van der Waals surface area contributed by atoms with E-state index < -0.39 is 0 Å². The lowest BCUT2D eigenvalue weighted by Gasteiger charge is -2.34. The van der Waals surface area contributed by atoms with Crippen molar-refractivity contribution in [3.63, 3.8) is 0 Å². The number of thiazole rings is 1. The van der Waals surface area contributed by atoms with E-state index in [4.69, 9.17) is 0 Å². The average Bonchev–Trinajstić information content (AvgIpc) is 3.27. The van der Waals surface area contributed by atoms with Crippen LogP contribution in [-0.4, -0.2) is 46.9 Å². The maximum absolute atomic E-state index is 12.4. The van der Waals surface area contributed by atoms with E-state index in [2.05, 4.69) is 26.7 Å². The second-order valence-corrected chi connectivity index (χ2v) is 7.76. The summed E-state index contributed by atoms with van der Waals surface area (Å²) in [5, 5.41) is 6.23. The van der Waals surface area contributed by atoms with Crippen LogP contribution < -0.4 is 0 Å². The summed E-state index contributed by atoms with van der Waals surface area (Å²) in [5.41, 5.74) is 3.76. The molecule has 0 aliphatic carbocycles. The first-order valence-corrected chi connectivity index (χ1v) is 9.59. The molecule has 0 unspecified atom stereocenters. The summed E-state index contributed by atoms with van der Waals surface area (Å²) in [6.45, 7) is 5.11. The van der Waals surface area contributed by atoms with Crippen LogP contribution in [0.3, 0.4) is 0 Å². The lowest BCUT2D eigenvalue weighted by Crippen LogP contribution is -2.43. The fourth-order valence-electron chi connectivity index (χ4n) is 3.70. The summed E-state index contributed by atoms with van der Waals surface area (Å²) in [7, 11) is 0. The summed E-state index contributed by atoms with van der Waals surface area (Å²) >= 11 is 3.25. The number of fused-ring (bicyclic) bond motifs is 1. The summed E-state index contributed by atoms with van der Waals surface area (Å²) in [4.78, 5) is 21.2. The zero-order chi connectivity index (χ0) is 14.9. The molecule has 2 aromatic rings. The Morgan fingerprint density at radius 2 is 2.14 bits per heavy atom. The molecule has 0 bridgehead atoms. The zero-order valence-electron chi connectivity index (χ0n) is 12.4. The van der Waals surface area contributed by atoms with Gasteiger partial charge in [-0.2, -0.15) is 11.3 Å². The van der Waals surface area contributed by atoms with Crippen molar-refractivity contribution < 1.29 is 4.79 Å². The largest absolute Gasteiger partial charge is 0.337 e. The summed E-state index contributed by atoms with van der Waals surface area (Å²) in [6.07, 6.45) is 1.13. The molecule has 6 heteroatoms. The van der Waals surface area contributed by atoms with Gasteiger partial charge in [0.15, 0.2) is 0 Å². The molecular formula is C16H19N3OS2. The van der Waals surface area contributed by atoms with Gasteiger partial charge in [-0.15, -0.1) is 11.3 Å². The third kappa shape index (κ3) is 2.83. The number of nitrogens with zero attached hydrogens (tertiary/aromatic N) is 3. The third-order valence-electron chi connectivity index (χ3n) is 4.80. The van der Waals surface area contributed by atoms with Crippen molar-refractivity contribution in [3.8, 4) is 0 Å². The minimum atomic E-state index is 0.107. The molecule has 0 aromatic carbocycles. The molecule has 4 rings (SSSR count). The van der Waals surface area contributed by atoms with E-state index in [1.54, 1.807) is 16.8 Å². The Labute approximate surface area is 138 Å². The number of likely N-dealkylation sites (tertiary alicyclic amines) is 2. The molecule has 4 nitrogen and oxygen atoms in total. The maximum Gasteiger partial charge on any atom is 0.273 e. The van der Waals surface area contributed by atoms with Gasteiger partial charge in [0, 0.05) is 38.1 Å². The quantitative estimate of drug-likeness (QED) is 0.867. The minimum absolute atomic E-state index is 0.107. The Kier molecular flexibility index (Phi) is 3.98. The van der Waals surface area contributed by atoms with E-state index >= 15 is 0 Å². The van der Waals surface area contributed by atoms with Crippen LogP contribution in [0.25, 0.3) is 0 Å². The van der Waals surface area contributed by atoms with Gasteiger partial charge in [-0.05, 0) is 40.6 Å². The first-order valence-electron chi connectivity index (χ1n) is 7.70. The van der Waals surface area contributed by atoms with E-state index in [1.807, 2.05) is 10.3 Å². The Bertz CT molecular complexity index is 626. The van der Waals surface area contributed by atoms with Gasteiger partial charge in [-0.1, -0.05) is 0 Å². The lowest BCUT2D eigenvalue weighted by atomic mass is 9.88. The first-order chi connectivity index (χ1) is 10.8. The number of aromatic nitrogens is 1. The molecule has 0 saturated carbocycles. The SMILES string of the molecule is O=C(c1cscn1)N1CC[C@@H]2CN(Cc3ccsc3)C[C@@H]2C1. The van der Waals surface area contributed by atoms with Crippen molar-refractivity contribution in [1.29, 1.82) is 0 Å². The molecule has 116 valence electrons. The molecular weight excluding hydrogens is 314 g/mol. The number of carbonyl (C=O) groups excluding carboxylic acids is 1. The predicted octanol–water partition coefficient (Wildman–Crippen LogP) is 2.80. The van der Waals surface area contributed by atoms with Crippen LogP contribution in [0.1, 0.15) is 22.5 Å². The van der Waals surface area contributed by atoms with Crippen LogP contribution in [0.2, 0.25) is 0 Å². The predicted molar refractivity (Wildman–Crippen MR) is 89.2 cm³/mol. The zero-order valence-corrected chi connectivity index (χ0v) is 14.0. The first kappa shape index (κ1) is 14.4. The van der Waals surface area contributed by atoms with Gasteiger partial charge in [0.25, 0.3) is 5.91 Å². The Morgan fingerprint density at radius 3 is 2.91 bits per heavy atom. The van der Waals surface area contributed by atoms with Crippen molar-refractivity contribution >= 4 is 28.6 Å². The van der Waals surface area contributed by atoms with Gasteiger partial charge in [-0.3, -0.25) is 9.69 Å². The van der Waals surface area contributed by atoms with Crippen LogP contribution in [0.5, 0.6) is 0 Å². The minimum Gasteiger partial charge on any atom is -0.337 e. The highest BCUT2D eigenvalue weighted by Gasteiger charge is 2.38. The topological polar surface area (TPSA) is 36.4 Å². The number of hydrogen-bond donors (Lipinski definition) is 0. The number of rotatable bonds is 3. The van der Waals surface area contributed by atoms with Gasteiger partial charge in [-0.25, -0.2) is 4.98 Å². The monoisotopic (exact) mass is 333 g/mol. The average molecular weight is 333 g/mol. The van der Waals surface area contributed by atoms with Gasteiger partial charge in [0.2, 0.25) is 0 Å². The van der Waals surface area contributed by atoms with Crippen molar-refractivity contribution in [3.05, 3.63) is 39.0 Å². The number of piperidine rings is 1. The van der Waals surface area contributed by atoms with Crippen LogP contribution in [-0.2, 0) is 6.54 Å². The van der Waals surface area contributed by atoms with Gasteiger partial charge in [0.05, 0.1) is 5.51 Å². The highest BCUT2D eigenvalue weighted by molar-refractivity contribution is 7.08. The second kappa shape index (κ2) is 6.10. The maximum atomic E-state index is 12.4. The Hall–Kier alpha value is -1.24. The molecule has 2 aliphatic rings. The fraction of sp³-hybridized carbons (Fsp3) is 0.500. The molecule has 1 amide bonds. The lowest BCUT2D eigenvalue weighted by molar-refractivity contribution is 0.0637. The van der Waals surface area contributed by atoms with Crippen molar-refractivity contribution in [2.45, 2.75) is 13.0 Å². The number of amides is 1. The molecule has 2 aliphatic heterocycles. The van der Waals surface area contributed by atoms with Crippen LogP contribution >= 0.6 is 22.7 Å².